The molecule has 1 fully saturated rings. The zero-order chi connectivity index (χ0) is 20.1. The van der Waals surface area contributed by atoms with E-state index >= 15 is 0 Å². The Kier molecular flexibility index (Phi) is 6.32. The molecular weight excluding hydrogens is 350 g/mol. The van der Waals surface area contributed by atoms with E-state index < -0.39 is 0 Å². The van der Waals surface area contributed by atoms with E-state index in [1.54, 1.807) is 6.07 Å². The molecule has 1 heterocycles. The molecule has 1 saturated carbocycles. The molecule has 1 aromatic heterocycles. The van der Waals surface area contributed by atoms with Crippen molar-refractivity contribution >= 4 is 5.91 Å². The monoisotopic (exact) mass is 381 g/mol. The summed E-state index contributed by atoms with van der Waals surface area (Å²) in [7, 11) is 0. The summed E-state index contributed by atoms with van der Waals surface area (Å²) >= 11 is 0. The fraction of sp³-hybridized carbons (Fsp3) is 0.522. The molecule has 5 heteroatoms. The smallest absolute Gasteiger partial charge is 0.267 e. The van der Waals surface area contributed by atoms with E-state index in [1.807, 2.05) is 30.3 Å². The molecule has 2 aromatic rings. The minimum absolute atomic E-state index is 0.0430. The molecule has 0 unspecified atom stereocenters. The van der Waals surface area contributed by atoms with Crippen LogP contribution in [-0.4, -0.2) is 21.7 Å². The van der Waals surface area contributed by atoms with Gasteiger partial charge >= 0.3 is 0 Å². The van der Waals surface area contributed by atoms with E-state index in [4.69, 9.17) is 0 Å². The minimum Gasteiger partial charge on any atom is -0.352 e. The van der Waals surface area contributed by atoms with Crippen molar-refractivity contribution in [1.82, 2.24) is 15.1 Å². The molecule has 0 saturated heterocycles. The standard InChI is InChI=1S/C23H31N3O2/c1-23(2,3)18-10-7-11-19(13-12-18)24-21(27)16-26-22(28)15-14-20(25-26)17-8-5-4-6-9-17/h4-6,8-9,14-15,18-19H,7,10-13,16H2,1-3H3,(H,24,27)/t18-,19+/m1/s1. The topological polar surface area (TPSA) is 64.0 Å². The predicted octanol–water partition coefficient (Wildman–Crippen LogP) is 4.02. The van der Waals surface area contributed by atoms with E-state index in [1.165, 1.54) is 17.2 Å². The van der Waals surface area contributed by atoms with Crippen molar-refractivity contribution in [3.63, 3.8) is 0 Å². The second kappa shape index (κ2) is 8.72. The molecule has 150 valence electrons. The van der Waals surface area contributed by atoms with Gasteiger partial charge in [-0.15, -0.1) is 0 Å². The van der Waals surface area contributed by atoms with Crippen molar-refractivity contribution in [1.29, 1.82) is 0 Å². The molecule has 0 spiro atoms. The van der Waals surface area contributed by atoms with Crippen molar-refractivity contribution in [2.24, 2.45) is 11.3 Å². The molecule has 0 bridgehead atoms. The average Bonchev–Trinajstić information content (AvgIpc) is 2.90. The van der Waals surface area contributed by atoms with Crippen LogP contribution < -0.4 is 10.9 Å². The third-order valence-electron chi connectivity index (χ3n) is 5.79. The normalized spacial score (nSPS) is 20.4. The van der Waals surface area contributed by atoms with Crippen LogP contribution in [0.1, 0.15) is 52.9 Å². The first-order chi connectivity index (χ1) is 13.3. The maximum absolute atomic E-state index is 12.6. The molecule has 0 radical (unpaired) electrons. The summed E-state index contributed by atoms with van der Waals surface area (Å²) in [5, 5.41) is 7.51. The summed E-state index contributed by atoms with van der Waals surface area (Å²) in [4.78, 5) is 24.7. The average molecular weight is 382 g/mol. The number of benzene rings is 1. The Morgan fingerprint density at radius 3 is 2.54 bits per heavy atom. The Labute approximate surface area is 167 Å². The number of hydrogen-bond donors (Lipinski definition) is 1. The van der Waals surface area contributed by atoms with Crippen LogP contribution >= 0.6 is 0 Å². The number of carbonyl (C=O) groups excluding carboxylic acids is 1. The molecule has 2 atom stereocenters. The SMILES string of the molecule is CC(C)(C)[C@@H]1CCC[C@H](NC(=O)Cn2nc(-c3ccccc3)ccc2=O)CC1. The third-order valence-corrected chi connectivity index (χ3v) is 5.79. The Morgan fingerprint density at radius 1 is 1.07 bits per heavy atom. The van der Waals surface area contributed by atoms with Crippen molar-refractivity contribution in [3.8, 4) is 11.3 Å². The molecule has 1 aromatic carbocycles. The molecule has 1 amide bonds. The number of nitrogens with zero attached hydrogens (tertiary/aromatic N) is 2. The number of aromatic nitrogens is 2. The zero-order valence-electron chi connectivity index (χ0n) is 17.1. The van der Waals surface area contributed by atoms with Gasteiger partial charge in [-0.1, -0.05) is 57.5 Å². The lowest BCUT2D eigenvalue weighted by Crippen LogP contribution is -2.39. The van der Waals surface area contributed by atoms with Crippen molar-refractivity contribution in [2.75, 3.05) is 0 Å². The zero-order valence-corrected chi connectivity index (χ0v) is 17.1. The quantitative estimate of drug-likeness (QED) is 0.814. The van der Waals surface area contributed by atoms with Crippen LogP contribution in [0.15, 0.2) is 47.3 Å². The highest BCUT2D eigenvalue weighted by Crippen LogP contribution is 2.36. The maximum atomic E-state index is 12.6. The third kappa shape index (κ3) is 5.31. The van der Waals surface area contributed by atoms with Gasteiger partial charge in [0.15, 0.2) is 0 Å². The summed E-state index contributed by atoms with van der Waals surface area (Å²) in [5.41, 5.74) is 1.67. The first-order valence-electron chi connectivity index (χ1n) is 10.3. The largest absolute Gasteiger partial charge is 0.352 e. The predicted molar refractivity (Wildman–Crippen MR) is 112 cm³/mol. The highest BCUT2D eigenvalue weighted by molar-refractivity contribution is 5.76. The number of amides is 1. The number of hydrogen-bond acceptors (Lipinski definition) is 3. The summed E-state index contributed by atoms with van der Waals surface area (Å²) in [6.07, 6.45) is 5.49. The Hall–Kier alpha value is -2.43. The van der Waals surface area contributed by atoms with E-state index in [0.29, 0.717) is 17.0 Å². The summed E-state index contributed by atoms with van der Waals surface area (Å²) in [6, 6.07) is 13.0. The number of carbonyl (C=O) groups is 1. The van der Waals surface area contributed by atoms with Crippen LogP contribution in [0.2, 0.25) is 0 Å². The van der Waals surface area contributed by atoms with E-state index in [0.717, 1.165) is 31.2 Å². The molecule has 5 nitrogen and oxygen atoms in total. The van der Waals surface area contributed by atoms with Gasteiger partial charge in [0.2, 0.25) is 5.91 Å². The molecule has 1 aliphatic carbocycles. The lowest BCUT2D eigenvalue weighted by atomic mass is 9.76. The van der Waals surface area contributed by atoms with Gasteiger partial charge in [-0.3, -0.25) is 9.59 Å². The van der Waals surface area contributed by atoms with Crippen molar-refractivity contribution in [2.45, 2.75) is 65.5 Å². The van der Waals surface area contributed by atoms with Crippen LogP contribution in [0.5, 0.6) is 0 Å². The highest BCUT2D eigenvalue weighted by atomic mass is 16.2. The van der Waals surface area contributed by atoms with Crippen LogP contribution in [-0.2, 0) is 11.3 Å². The molecule has 28 heavy (non-hydrogen) atoms. The van der Waals surface area contributed by atoms with Gasteiger partial charge in [0, 0.05) is 17.7 Å². The van der Waals surface area contributed by atoms with Crippen molar-refractivity contribution in [3.05, 3.63) is 52.8 Å². The Bertz CT molecular complexity index is 852. The molecule has 3 rings (SSSR count). The maximum Gasteiger partial charge on any atom is 0.267 e. The van der Waals surface area contributed by atoms with Crippen molar-refractivity contribution < 1.29 is 4.79 Å². The molecule has 1 N–H and O–H groups in total. The van der Waals surface area contributed by atoms with Crippen LogP contribution in [0.4, 0.5) is 0 Å². The van der Waals surface area contributed by atoms with Gasteiger partial charge in [0.1, 0.15) is 6.54 Å². The van der Waals surface area contributed by atoms with Crippen LogP contribution in [0, 0.1) is 11.3 Å². The summed E-state index contributed by atoms with van der Waals surface area (Å²) < 4.78 is 1.26. The van der Waals surface area contributed by atoms with Gasteiger partial charge in [0.25, 0.3) is 5.56 Å². The van der Waals surface area contributed by atoms with Crippen LogP contribution in [0.3, 0.4) is 0 Å². The molecule has 1 aliphatic rings. The lowest BCUT2D eigenvalue weighted by molar-refractivity contribution is -0.122. The Morgan fingerprint density at radius 2 is 1.82 bits per heavy atom. The van der Waals surface area contributed by atoms with Gasteiger partial charge in [-0.25, -0.2) is 4.68 Å². The second-order valence-electron chi connectivity index (χ2n) is 8.92. The van der Waals surface area contributed by atoms with Gasteiger partial charge < -0.3 is 5.32 Å². The Balaban J connectivity index is 1.63. The first-order valence-corrected chi connectivity index (χ1v) is 10.3. The van der Waals surface area contributed by atoms with Gasteiger partial charge in [-0.05, 0) is 43.1 Å². The molecule has 0 aliphatic heterocycles. The highest BCUT2D eigenvalue weighted by Gasteiger charge is 2.28. The minimum atomic E-state index is -0.261. The lowest BCUT2D eigenvalue weighted by Gasteiger charge is -2.29. The fourth-order valence-electron chi connectivity index (χ4n) is 4.05. The number of rotatable bonds is 4. The van der Waals surface area contributed by atoms with Crippen LogP contribution in [0.25, 0.3) is 11.3 Å². The van der Waals surface area contributed by atoms with E-state index in [-0.39, 0.29) is 24.1 Å². The second-order valence-corrected chi connectivity index (χ2v) is 8.92. The van der Waals surface area contributed by atoms with Gasteiger partial charge in [0.05, 0.1) is 5.69 Å². The van der Waals surface area contributed by atoms with E-state index in [9.17, 15) is 9.59 Å². The fourth-order valence-corrected chi connectivity index (χ4v) is 4.05. The number of nitrogens with one attached hydrogen (secondary N) is 1. The summed E-state index contributed by atoms with van der Waals surface area (Å²) in [6.45, 7) is 6.86. The molecular formula is C23H31N3O2. The first kappa shape index (κ1) is 20.3. The van der Waals surface area contributed by atoms with Gasteiger partial charge in [-0.2, -0.15) is 5.10 Å². The van der Waals surface area contributed by atoms with E-state index in [2.05, 4.69) is 31.2 Å². The summed E-state index contributed by atoms with van der Waals surface area (Å²) in [5.74, 6) is 0.556.